The molecule has 0 bridgehead atoms. The van der Waals surface area contributed by atoms with Crippen LogP contribution in [0.15, 0.2) is 43.0 Å². The molecule has 2 saturated heterocycles. The molecule has 3 heterocycles. The molecule has 0 amide bonds. The molecule has 0 saturated carbocycles. The molecular formula is C31H39F4N3. The number of alkyl halides is 2. The van der Waals surface area contributed by atoms with Crippen LogP contribution >= 0.6 is 0 Å². The zero-order chi connectivity index (χ0) is 27.1. The zero-order valence-corrected chi connectivity index (χ0v) is 22.6. The average Bonchev–Trinajstić information content (AvgIpc) is 3.16. The van der Waals surface area contributed by atoms with Crippen LogP contribution in [0.4, 0.5) is 23.2 Å². The van der Waals surface area contributed by atoms with Gasteiger partial charge in [-0.3, -0.25) is 9.80 Å². The maximum Gasteiger partial charge on any atom is 0.257 e. The van der Waals surface area contributed by atoms with Crippen LogP contribution in [-0.2, 0) is 6.42 Å². The van der Waals surface area contributed by atoms with Gasteiger partial charge < -0.3 is 4.90 Å². The Morgan fingerprint density at radius 1 is 1.03 bits per heavy atom. The Bertz CT molecular complexity index is 1150. The van der Waals surface area contributed by atoms with Gasteiger partial charge in [0.2, 0.25) is 0 Å². The van der Waals surface area contributed by atoms with Gasteiger partial charge >= 0.3 is 0 Å². The molecule has 0 N–H and O–H groups in total. The average molecular weight is 530 g/mol. The molecule has 3 aliphatic rings. The second kappa shape index (κ2) is 10.6. The number of rotatable bonds is 6. The summed E-state index contributed by atoms with van der Waals surface area (Å²) in [6.45, 7) is 11.0. The Hall–Kier alpha value is -2.38. The van der Waals surface area contributed by atoms with Crippen molar-refractivity contribution in [3.05, 3.63) is 76.9 Å². The summed E-state index contributed by atoms with van der Waals surface area (Å²) < 4.78 is 60.0. The van der Waals surface area contributed by atoms with Crippen molar-refractivity contribution in [3.8, 4) is 0 Å². The summed E-state index contributed by atoms with van der Waals surface area (Å²) in [4.78, 5) is 6.06. The normalized spacial score (nSPS) is 25.0. The summed E-state index contributed by atoms with van der Waals surface area (Å²) in [5.41, 5.74) is 3.28. The number of nitrogens with zero attached hydrogens (tertiary/aromatic N) is 3. The number of anilines is 1. The second-order valence-electron chi connectivity index (χ2n) is 11.8. The van der Waals surface area contributed by atoms with Gasteiger partial charge in [0.1, 0.15) is 11.6 Å². The standard InChI is InChI=1S/C31H39F4N3/c1-4-12-36-13-5-9-31(10-15-36)11-16-37(21-31)24-18-26(32)28(27(33)19-24)29-25-7-6-22(2)17-23(25)8-14-38(29)20-30(3,34)35/h4,6-7,17-19,29H,1,5,8-16,20-21H2,2-3H3. The van der Waals surface area contributed by atoms with E-state index in [0.29, 0.717) is 24.2 Å². The Morgan fingerprint density at radius 3 is 2.47 bits per heavy atom. The van der Waals surface area contributed by atoms with Crippen molar-refractivity contribution in [2.75, 3.05) is 50.7 Å². The molecule has 0 aliphatic carbocycles. The third kappa shape index (κ3) is 5.64. The third-order valence-electron chi connectivity index (χ3n) is 8.78. The first-order chi connectivity index (χ1) is 18.1. The smallest absolute Gasteiger partial charge is 0.257 e. The van der Waals surface area contributed by atoms with Crippen LogP contribution in [0.2, 0.25) is 0 Å². The van der Waals surface area contributed by atoms with E-state index in [4.69, 9.17) is 0 Å². The first-order valence-corrected chi connectivity index (χ1v) is 13.9. The minimum atomic E-state index is -2.98. The van der Waals surface area contributed by atoms with Gasteiger partial charge in [0.15, 0.2) is 0 Å². The highest BCUT2D eigenvalue weighted by molar-refractivity contribution is 5.53. The van der Waals surface area contributed by atoms with E-state index in [-0.39, 0.29) is 11.0 Å². The van der Waals surface area contributed by atoms with E-state index in [1.54, 1.807) is 0 Å². The van der Waals surface area contributed by atoms with Gasteiger partial charge in [-0.05, 0) is 80.8 Å². The van der Waals surface area contributed by atoms with Gasteiger partial charge in [0.25, 0.3) is 5.92 Å². The van der Waals surface area contributed by atoms with E-state index in [1.807, 2.05) is 31.2 Å². The lowest BCUT2D eigenvalue weighted by molar-refractivity contribution is -0.0245. The van der Waals surface area contributed by atoms with E-state index in [0.717, 1.165) is 76.5 Å². The Balaban J connectivity index is 1.43. The summed E-state index contributed by atoms with van der Waals surface area (Å²) in [5, 5.41) is 0. The molecular weight excluding hydrogens is 490 g/mol. The quantitative estimate of drug-likeness (QED) is 0.303. The number of benzene rings is 2. The van der Waals surface area contributed by atoms with E-state index < -0.39 is 30.1 Å². The fourth-order valence-corrected chi connectivity index (χ4v) is 6.93. The van der Waals surface area contributed by atoms with Crippen LogP contribution in [0.25, 0.3) is 0 Å². The first kappa shape index (κ1) is 27.2. The number of likely N-dealkylation sites (tertiary alicyclic amines) is 1. The fraction of sp³-hybridized carbons (Fsp3) is 0.548. The predicted octanol–water partition coefficient (Wildman–Crippen LogP) is 6.74. The highest BCUT2D eigenvalue weighted by atomic mass is 19.3. The topological polar surface area (TPSA) is 9.72 Å². The highest BCUT2D eigenvalue weighted by Gasteiger charge is 2.41. The predicted molar refractivity (Wildman–Crippen MR) is 145 cm³/mol. The van der Waals surface area contributed by atoms with Gasteiger partial charge in [-0.2, -0.15) is 0 Å². The van der Waals surface area contributed by atoms with Crippen molar-refractivity contribution < 1.29 is 17.6 Å². The highest BCUT2D eigenvalue weighted by Crippen LogP contribution is 2.44. The number of fused-ring (bicyclic) bond motifs is 1. The van der Waals surface area contributed by atoms with Crippen molar-refractivity contribution in [1.29, 1.82) is 0 Å². The van der Waals surface area contributed by atoms with Gasteiger partial charge in [-0.25, -0.2) is 17.6 Å². The number of hydrogen-bond acceptors (Lipinski definition) is 3. The lowest BCUT2D eigenvalue weighted by atomic mass is 9.80. The molecule has 7 heteroatoms. The number of hydrogen-bond donors (Lipinski definition) is 0. The Morgan fingerprint density at radius 2 is 1.76 bits per heavy atom. The van der Waals surface area contributed by atoms with Crippen molar-refractivity contribution >= 4 is 5.69 Å². The summed E-state index contributed by atoms with van der Waals surface area (Å²) >= 11 is 0. The molecule has 2 fully saturated rings. The largest absolute Gasteiger partial charge is 0.371 e. The number of halogens is 4. The monoisotopic (exact) mass is 529 g/mol. The van der Waals surface area contributed by atoms with Gasteiger partial charge in [0, 0.05) is 44.4 Å². The molecule has 206 valence electrons. The second-order valence-corrected chi connectivity index (χ2v) is 11.8. The maximum absolute atomic E-state index is 15.9. The SMILES string of the molecule is C=CCN1CCCC2(CC1)CCN(c1cc(F)c(C3c4ccc(C)cc4CCN3CC(C)(F)F)c(F)c1)C2. The van der Waals surface area contributed by atoms with Gasteiger partial charge in [-0.15, -0.1) is 6.58 Å². The van der Waals surface area contributed by atoms with E-state index >= 15 is 8.78 Å². The van der Waals surface area contributed by atoms with E-state index in [9.17, 15) is 8.78 Å². The lowest BCUT2D eigenvalue weighted by Gasteiger charge is -2.39. The lowest BCUT2D eigenvalue weighted by Crippen LogP contribution is -2.43. The van der Waals surface area contributed by atoms with Crippen LogP contribution in [0.3, 0.4) is 0 Å². The molecule has 3 nitrogen and oxygen atoms in total. The summed E-state index contributed by atoms with van der Waals surface area (Å²) in [5.74, 6) is -4.30. The molecule has 0 aromatic heterocycles. The van der Waals surface area contributed by atoms with Crippen molar-refractivity contribution in [2.24, 2.45) is 5.41 Å². The first-order valence-electron chi connectivity index (χ1n) is 13.9. The van der Waals surface area contributed by atoms with Crippen molar-refractivity contribution in [3.63, 3.8) is 0 Å². The maximum atomic E-state index is 15.9. The Kier molecular flexibility index (Phi) is 7.62. The number of aryl methyl sites for hydroxylation is 1. The molecule has 2 aromatic carbocycles. The summed E-state index contributed by atoms with van der Waals surface area (Å²) in [6, 6.07) is 7.68. The third-order valence-corrected chi connectivity index (χ3v) is 8.78. The molecule has 3 aliphatic heterocycles. The molecule has 1 spiro atoms. The van der Waals surface area contributed by atoms with Crippen LogP contribution in [0.5, 0.6) is 0 Å². The molecule has 5 rings (SSSR count). The Labute approximate surface area is 224 Å². The minimum Gasteiger partial charge on any atom is -0.371 e. The van der Waals surface area contributed by atoms with Crippen molar-refractivity contribution in [1.82, 2.24) is 9.80 Å². The van der Waals surface area contributed by atoms with Gasteiger partial charge in [0.05, 0.1) is 12.6 Å². The van der Waals surface area contributed by atoms with E-state index in [1.165, 1.54) is 17.0 Å². The molecule has 0 radical (unpaired) electrons. The summed E-state index contributed by atoms with van der Waals surface area (Å²) in [7, 11) is 0. The molecule has 2 aromatic rings. The van der Waals surface area contributed by atoms with Crippen LogP contribution < -0.4 is 4.90 Å². The fourth-order valence-electron chi connectivity index (χ4n) is 6.93. The van der Waals surface area contributed by atoms with E-state index in [2.05, 4.69) is 16.4 Å². The van der Waals surface area contributed by atoms with Crippen molar-refractivity contribution in [2.45, 2.75) is 57.9 Å². The minimum absolute atomic E-state index is 0.133. The van der Waals surface area contributed by atoms with Crippen LogP contribution in [-0.4, -0.2) is 61.5 Å². The molecule has 2 unspecified atom stereocenters. The molecule has 38 heavy (non-hydrogen) atoms. The van der Waals surface area contributed by atoms with Crippen LogP contribution in [0, 0.1) is 24.0 Å². The van der Waals surface area contributed by atoms with Gasteiger partial charge in [-0.1, -0.05) is 29.8 Å². The molecule has 2 atom stereocenters. The summed E-state index contributed by atoms with van der Waals surface area (Å²) in [6.07, 6.45) is 6.82. The zero-order valence-electron chi connectivity index (χ0n) is 22.6. The van der Waals surface area contributed by atoms with Crippen LogP contribution in [0.1, 0.15) is 60.9 Å².